The van der Waals surface area contributed by atoms with Crippen molar-refractivity contribution in [2.45, 2.75) is 72.9 Å². The van der Waals surface area contributed by atoms with Crippen molar-refractivity contribution in [1.29, 1.82) is 0 Å². The summed E-state index contributed by atoms with van der Waals surface area (Å²) in [5.41, 5.74) is 8.64. The van der Waals surface area contributed by atoms with E-state index in [0.29, 0.717) is 11.3 Å². The van der Waals surface area contributed by atoms with Gasteiger partial charge in [0.15, 0.2) is 0 Å². The second-order valence-electron chi connectivity index (χ2n) is 14.9. The first-order valence-corrected chi connectivity index (χ1v) is 21.0. The fraction of sp³-hybridized carbons (Fsp3) is 0.250. The molecular weight excluding hydrogens is 828 g/mol. The van der Waals surface area contributed by atoms with Crippen molar-refractivity contribution in [2.24, 2.45) is 4.99 Å². The molecule has 0 saturated carbocycles. The maximum atomic E-state index is 14.0. The Balaban J connectivity index is 0.000000235. The summed E-state index contributed by atoms with van der Waals surface area (Å²) in [6, 6.07) is 33.8. The lowest BCUT2D eigenvalue weighted by atomic mass is 9.96. The predicted octanol–water partition coefficient (Wildman–Crippen LogP) is 13.3. The zero-order chi connectivity index (χ0) is 44.3. The topological polar surface area (TPSA) is 77.0 Å². The van der Waals surface area contributed by atoms with E-state index >= 15 is 0 Å². The molecular formula is C52H51ClF4N2O4. The Morgan fingerprint density at radius 2 is 1.27 bits per heavy atom. The van der Waals surface area contributed by atoms with Gasteiger partial charge >= 0.3 is 5.97 Å². The van der Waals surface area contributed by atoms with Crippen LogP contribution in [0.15, 0.2) is 126 Å². The number of rotatable bonds is 13. The molecule has 1 aliphatic rings. The number of esters is 1. The number of nitrogens with zero attached hydrogens (tertiary/aromatic N) is 1. The number of carbonyl (C=O) groups excluding carboxylic acids is 2. The van der Waals surface area contributed by atoms with Crippen LogP contribution in [0.2, 0.25) is 0 Å². The highest BCUT2D eigenvalue weighted by molar-refractivity contribution is 6.18. The van der Waals surface area contributed by atoms with Crippen LogP contribution in [0.3, 0.4) is 0 Å². The Morgan fingerprint density at radius 1 is 0.746 bits per heavy atom. The lowest BCUT2D eigenvalue weighted by Crippen LogP contribution is -2.31. The smallest absolute Gasteiger partial charge is 0.308 e. The van der Waals surface area contributed by atoms with Crippen molar-refractivity contribution >= 4 is 29.4 Å². The van der Waals surface area contributed by atoms with Gasteiger partial charge in [0.2, 0.25) is 5.90 Å². The zero-order valence-corrected chi connectivity index (χ0v) is 35.7. The van der Waals surface area contributed by atoms with Crippen LogP contribution in [0.1, 0.15) is 96.9 Å². The molecule has 0 radical (unpaired) electrons. The van der Waals surface area contributed by atoms with E-state index in [1.807, 2.05) is 43.3 Å². The fourth-order valence-electron chi connectivity index (χ4n) is 7.21. The maximum Gasteiger partial charge on any atom is 0.308 e. The second-order valence-corrected chi connectivity index (χ2v) is 15.2. The number of alkyl halides is 1. The zero-order valence-electron chi connectivity index (χ0n) is 34.9. The number of nitrogens with one attached hydrogen (secondary N) is 1. The van der Waals surface area contributed by atoms with Crippen LogP contribution in [-0.4, -0.2) is 30.3 Å². The minimum absolute atomic E-state index is 0. The van der Waals surface area contributed by atoms with Gasteiger partial charge in [0.25, 0.3) is 5.91 Å². The minimum atomic E-state index is -0.934. The number of hydrogen-bond acceptors (Lipinski definition) is 5. The monoisotopic (exact) mass is 878 g/mol. The van der Waals surface area contributed by atoms with Crippen LogP contribution < -0.4 is 10.1 Å². The van der Waals surface area contributed by atoms with E-state index in [2.05, 4.69) is 54.5 Å². The summed E-state index contributed by atoms with van der Waals surface area (Å²) in [4.78, 5) is 28.2. The molecule has 0 bridgehead atoms. The number of hydrogen-bond donors (Lipinski definition) is 1. The van der Waals surface area contributed by atoms with Crippen LogP contribution in [0.25, 0.3) is 22.3 Å². The molecule has 1 amide bonds. The van der Waals surface area contributed by atoms with E-state index in [4.69, 9.17) is 21.1 Å². The van der Waals surface area contributed by atoms with Crippen LogP contribution in [0, 0.1) is 30.2 Å². The van der Waals surface area contributed by atoms with Crippen molar-refractivity contribution in [2.75, 3.05) is 12.5 Å². The third-order valence-corrected chi connectivity index (χ3v) is 10.8. The Labute approximate surface area is 372 Å². The summed E-state index contributed by atoms with van der Waals surface area (Å²) in [5, 5.41) is 2.59. The highest BCUT2D eigenvalue weighted by Crippen LogP contribution is 2.32. The summed E-state index contributed by atoms with van der Waals surface area (Å²) < 4.78 is 66.6. The van der Waals surface area contributed by atoms with Gasteiger partial charge in [0.05, 0.1) is 6.04 Å². The van der Waals surface area contributed by atoms with Gasteiger partial charge in [0, 0.05) is 12.8 Å². The Morgan fingerprint density at radius 3 is 1.84 bits per heavy atom. The van der Waals surface area contributed by atoms with Gasteiger partial charge in [0.1, 0.15) is 52.8 Å². The Kier molecular flexibility index (Phi) is 16.8. The third-order valence-electron chi connectivity index (χ3n) is 10.5. The molecule has 11 heteroatoms. The lowest BCUT2D eigenvalue weighted by molar-refractivity contribution is -0.131. The van der Waals surface area contributed by atoms with Crippen LogP contribution in [-0.2, 0) is 22.4 Å². The Bertz CT molecular complexity index is 2520. The molecule has 0 spiro atoms. The average Bonchev–Trinajstić information content (AvgIpc) is 3.74. The first-order chi connectivity index (χ1) is 29.9. The van der Waals surface area contributed by atoms with Gasteiger partial charge < -0.3 is 14.8 Å². The average molecular weight is 879 g/mol. The van der Waals surface area contributed by atoms with Gasteiger partial charge in [-0.15, -0.1) is 11.6 Å². The molecule has 6 aromatic rings. The van der Waals surface area contributed by atoms with Gasteiger partial charge in [-0.1, -0.05) is 119 Å². The van der Waals surface area contributed by atoms with E-state index in [9.17, 15) is 27.2 Å². The SMILES string of the molecule is C.CCCc1cc(-c2ccc(C(CCl)NC(=O)c3c(F)cccc3F)cc2)ccc1OC(C)=O.CCCc1cc(-c2ccc(C3COC(c4c(F)cccc4F)=N3)cc2)ccc1C. The standard InChI is InChI=1S/C26H24ClF2NO3.C25H23F2NO.CH4/c1-3-5-20-14-19(12-13-24(20)33-16(2)31)17-8-10-18(11-9-17)23(15-27)30-26(32)25-21(28)6-4-7-22(25)29;1-3-5-19-14-20(9-8-16(19)2)17-10-12-18(13-11-17)23-15-29-25(28-23)24-21(26)6-4-7-22(24)27;/h4,6-14,23H,3,5,15H2,1-2H3,(H,30,32);4,6-14,23H,3,5,15H2,1-2H3;1H4. The summed E-state index contributed by atoms with van der Waals surface area (Å²) in [6.45, 7) is 8.02. The first kappa shape index (κ1) is 47.8. The number of aryl methyl sites for hydroxylation is 3. The van der Waals surface area contributed by atoms with E-state index in [0.717, 1.165) is 65.6 Å². The number of carbonyl (C=O) groups is 2. The predicted molar refractivity (Wildman–Crippen MR) is 243 cm³/mol. The molecule has 63 heavy (non-hydrogen) atoms. The molecule has 0 aliphatic carbocycles. The molecule has 6 nitrogen and oxygen atoms in total. The second kappa shape index (κ2) is 22.2. The highest BCUT2D eigenvalue weighted by Gasteiger charge is 2.26. The molecule has 7 rings (SSSR count). The van der Waals surface area contributed by atoms with E-state index in [-0.39, 0.29) is 43.4 Å². The minimum Gasteiger partial charge on any atom is -0.475 e. The number of halogens is 5. The molecule has 1 heterocycles. The number of amides is 1. The number of ether oxygens (including phenoxy) is 2. The van der Waals surface area contributed by atoms with Crippen molar-refractivity contribution < 1.29 is 36.6 Å². The van der Waals surface area contributed by atoms with Crippen LogP contribution >= 0.6 is 11.6 Å². The molecule has 0 saturated heterocycles. The summed E-state index contributed by atoms with van der Waals surface area (Å²) >= 11 is 6.04. The number of aliphatic imine (C=N–C) groups is 1. The molecule has 0 fully saturated rings. The molecule has 6 aromatic carbocycles. The molecule has 2 unspecified atom stereocenters. The van der Waals surface area contributed by atoms with Crippen molar-refractivity contribution in [1.82, 2.24) is 5.32 Å². The molecule has 328 valence electrons. The highest BCUT2D eigenvalue weighted by atomic mass is 35.5. The van der Waals surface area contributed by atoms with Gasteiger partial charge in [-0.3, -0.25) is 9.59 Å². The molecule has 1 aliphatic heterocycles. The maximum absolute atomic E-state index is 14.0. The van der Waals surface area contributed by atoms with Crippen LogP contribution in [0.5, 0.6) is 5.75 Å². The first-order valence-electron chi connectivity index (χ1n) is 20.5. The van der Waals surface area contributed by atoms with Gasteiger partial charge in [-0.25, -0.2) is 22.6 Å². The van der Waals surface area contributed by atoms with E-state index in [1.165, 1.54) is 47.9 Å². The largest absolute Gasteiger partial charge is 0.475 e. The summed E-state index contributed by atoms with van der Waals surface area (Å²) in [5.74, 6) is -3.83. The van der Waals surface area contributed by atoms with Crippen molar-refractivity contribution in [3.05, 3.63) is 184 Å². The van der Waals surface area contributed by atoms with E-state index in [1.54, 1.807) is 18.2 Å². The lowest BCUT2D eigenvalue weighted by Gasteiger charge is -2.18. The quantitative estimate of drug-likeness (QED) is 0.0543. The van der Waals surface area contributed by atoms with Gasteiger partial charge in [-0.2, -0.15) is 0 Å². The van der Waals surface area contributed by atoms with Crippen LogP contribution in [0.4, 0.5) is 17.6 Å². The fourth-order valence-corrected chi connectivity index (χ4v) is 7.47. The molecule has 0 aromatic heterocycles. The Hall–Kier alpha value is -6.26. The van der Waals surface area contributed by atoms with E-state index < -0.39 is 40.8 Å². The molecule has 1 N–H and O–H groups in total. The van der Waals surface area contributed by atoms with Crippen molar-refractivity contribution in [3.8, 4) is 28.0 Å². The number of benzene rings is 6. The summed E-state index contributed by atoms with van der Waals surface area (Å²) in [6.07, 6.45) is 3.85. The summed E-state index contributed by atoms with van der Waals surface area (Å²) in [7, 11) is 0. The normalized spacial score (nSPS) is 13.4. The van der Waals surface area contributed by atoms with Crippen molar-refractivity contribution in [3.63, 3.8) is 0 Å². The third kappa shape index (κ3) is 11.8. The van der Waals surface area contributed by atoms with Gasteiger partial charge in [-0.05, 0) is 106 Å². The molecule has 2 atom stereocenters.